The van der Waals surface area contributed by atoms with Crippen molar-refractivity contribution >= 4 is 15.9 Å². The van der Waals surface area contributed by atoms with E-state index in [1.165, 1.54) is 37.9 Å². The summed E-state index contributed by atoms with van der Waals surface area (Å²) in [5.41, 5.74) is 1.36. The standard InChI is InChI=1S/C15H23BrN2/c1-18-10-7-13(8-11-18)6-9-17-12-14-2-4-15(16)5-3-14/h2-5,13,17H,6-12H2,1H3. The maximum atomic E-state index is 3.55. The summed E-state index contributed by atoms with van der Waals surface area (Å²) in [5, 5.41) is 3.55. The van der Waals surface area contributed by atoms with Crippen LogP contribution in [0.4, 0.5) is 0 Å². The van der Waals surface area contributed by atoms with Crippen LogP contribution in [0.1, 0.15) is 24.8 Å². The Kier molecular flexibility index (Phi) is 5.67. The van der Waals surface area contributed by atoms with E-state index in [2.05, 4.69) is 57.5 Å². The smallest absolute Gasteiger partial charge is 0.0205 e. The van der Waals surface area contributed by atoms with Crippen LogP contribution in [0, 0.1) is 5.92 Å². The molecule has 1 fully saturated rings. The lowest BCUT2D eigenvalue weighted by Crippen LogP contribution is -2.31. The zero-order chi connectivity index (χ0) is 12.8. The number of rotatable bonds is 5. The minimum Gasteiger partial charge on any atom is -0.313 e. The molecule has 1 aromatic rings. The van der Waals surface area contributed by atoms with Crippen LogP contribution in [0.15, 0.2) is 28.7 Å². The summed E-state index contributed by atoms with van der Waals surface area (Å²) in [7, 11) is 2.22. The first kappa shape index (κ1) is 14.0. The molecule has 0 atom stereocenters. The van der Waals surface area contributed by atoms with Crippen LogP contribution in [0.5, 0.6) is 0 Å². The van der Waals surface area contributed by atoms with E-state index in [0.29, 0.717) is 0 Å². The van der Waals surface area contributed by atoms with Gasteiger partial charge in [0, 0.05) is 11.0 Å². The predicted octanol–water partition coefficient (Wildman–Crippen LogP) is 3.27. The molecular formula is C15H23BrN2. The Hall–Kier alpha value is -0.380. The van der Waals surface area contributed by atoms with E-state index in [1.807, 2.05) is 0 Å². The van der Waals surface area contributed by atoms with Gasteiger partial charge >= 0.3 is 0 Å². The second-order valence-corrected chi connectivity index (χ2v) is 6.25. The summed E-state index contributed by atoms with van der Waals surface area (Å²) in [6.07, 6.45) is 4.07. The fraction of sp³-hybridized carbons (Fsp3) is 0.600. The number of hydrogen-bond acceptors (Lipinski definition) is 2. The van der Waals surface area contributed by atoms with Crippen LogP contribution in [0.25, 0.3) is 0 Å². The highest BCUT2D eigenvalue weighted by atomic mass is 79.9. The van der Waals surface area contributed by atoms with Gasteiger partial charge < -0.3 is 10.2 Å². The number of hydrogen-bond donors (Lipinski definition) is 1. The molecule has 18 heavy (non-hydrogen) atoms. The van der Waals surface area contributed by atoms with Crippen LogP contribution < -0.4 is 5.32 Å². The van der Waals surface area contributed by atoms with Crippen molar-refractivity contribution in [1.29, 1.82) is 0 Å². The minimum absolute atomic E-state index is 0.929. The summed E-state index contributed by atoms with van der Waals surface area (Å²) in [5.74, 6) is 0.929. The maximum Gasteiger partial charge on any atom is 0.0205 e. The highest BCUT2D eigenvalue weighted by Crippen LogP contribution is 2.18. The zero-order valence-electron chi connectivity index (χ0n) is 11.2. The van der Waals surface area contributed by atoms with E-state index in [0.717, 1.165) is 23.5 Å². The predicted molar refractivity (Wildman–Crippen MR) is 80.7 cm³/mol. The van der Waals surface area contributed by atoms with Gasteiger partial charge in [-0.3, -0.25) is 0 Å². The van der Waals surface area contributed by atoms with E-state index in [1.54, 1.807) is 0 Å². The monoisotopic (exact) mass is 310 g/mol. The number of halogens is 1. The van der Waals surface area contributed by atoms with Crippen molar-refractivity contribution in [2.24, 2.45) is 5.92 Å². The molecule has 0 spiro atoms. The molecule has 1 aromatic carbocycles. The molecule has 0 aliphatic carbocycles. The van der Waals surface area contributed by atoms with E-state index in [4.69, 9.17) is 0 Å². The number of nitrogens with zero attached hydrogens (tertiary/aromatic N) is 1. The SMILES string of the molecule is CN1CCC(CCNCc2ccc(Br)cc2)CC1. The lowest BCUT2D eigenvalue weighted by Gasteiger charge is -2.28. The van der Waals surface area contributed by atoms with E-state index >= 15 is 0 Å². The third kappa shape index (κ3) is 4.71. The Morgan fingerprint density at radius 1 is 1.22 bits per heavy atom. The van der Waals surface area contributed by atoms with Gasteiger partial charge in [-0.25, -0.2) is 0 Å². The van der Waals surface area contributed by atoms with Crippen molar-refractivity contribution in [2.45, 2.75) is 25.8 Å². The molecule has 1 aliphatic heterocycles. The van der Waals surface area contributed by atoms with Crippen LogP contribution >= 0.6 is 15.9 Å². The summed E-state index contributed by atoms with van der Waals surface area (Å²) < 4.78 is 1.15. The summed E-state index contributed by atoms with van der Waals surface area (Å²) >= 11 is 3.46. The van der Waals surface area contributed by atoms with Gasteiger partial charge in [-0.1, -0.05) is 28.1 Å². The van der Waals surface area contributed by atoms with Gasteiger partial charge in [0.2, 0.25) is 0 Å². The van der Waals surface area contributed by atoms with E-state index in [-0.39, 0.29) is 0 Å². The largest absolute Gasteiger partial charge is 0.313 e. The van der Waals surface area contributed by atoms with Crippen LogP contribution in [-0.2, 0) is 6.54 Å². The van der Waals surface area contributed by atoms with Crippen molar-refractivity contribution in [3.63, 3.8) is 0 Å². The fourth-order valence-corrected chi connectivity index (χ4v) is 2.76. The number of nitrogens with one attached hydrogen (secondary N) is 1. The molecule has 100 valence electrons. The molecule has 1 N–H and O–H groups in total. The van der Waals surface area contributed by atoms with Crippen molar-refractivity contribution in [2.75, 3.05) is 26.7 Å². The third-order valence-electron chi connectivity index (χ3n) is 3.81. The molecule has 0 amide bonds. The molecular weight excluding hydrogens is 288 g/mol. The normalized spacial score (nSPS) is 18.1. The molecule has 0 bridgehead atoms. The first-order chi connectivity index (χ1) is 8.74. The second-order valence-electron chi connectivity index (χ2n) is 5.34. The molecule has 3 heteroatoms. The average molecular weight is 311 g/mol. The molecule has 1 saturated heterocycles. The third-order valence-corrected chi connectivity index (χ3v) is 4.34. The quantitative estimate of drug-likeness (QED) is 0.840. The second kappa shape index (κ2) is 7.27. The topological polar surface area (TPSA) is 15.3 Å². The Bertz CT molecular complexity index is 342. The number of likely N-dealkylation sites (tertiary alicyclic amines) is 1. The van der Waals surface area contributed by atoms with Gasteiger partial charge in [-0.15, -0.1) is 0 Å². The summed E-state index contributed by atoms with van der Waals surface area (Å²) in [6, 6.07) is 8.56. The average Bonchev–Trinajstić information content (AvgIpc) is 2.39. The van der Waals surface area contributed by atoms with Crippen molar-refractivity contribution in [1.82, 2.24) is 10.2 Å². The summed E-state index contributed by atoms with van der Waals surface area (Å²) in [4.78, 5) is 2.44. The zero-order valence-corrected chi connectivity index (χ0v) is 12.7. The van der Waals surface area contributed by atoms with Gasteiger partial charge in [0.1, 0.15) is 0 Å². The van der Waals surface area contributed by atoms with Crippen molar-refractivity contribution < 1.29 is 0 Å². The van der Waals surface area contributed by atoms with Crippen molar-refractivity contribution in [3.8, 4) is 0 Å². The van der Waals surface area contributed by atoms with Gasteiger partial charge in [0.05, 0.1) is 0 Å². The Morgan fingerprint density at radius 2 is 1.89 bits per heavy atom. The fourth-order valence-electron chi connectivity index (χ4n) is 2.49. The van der Waals surface area contributed by atoms with Crippen LogP contribution in [-0.4, -0.2) is 31.6 Å². The van der Waals surface area contributed by atoms with Gasteiger partial charge in [-0.2, -0.15) is 0 Å². The molecule has 2 rings (SSSR count). The minimum atomic E-state index is 0.929. The Balaban J connectivity index is 1.60. The summed E-state index contributed by atoms with van der Waals surface area (Å²) in [6.45, 7) is 4.68. The highest BCUT2D eigenvalue weighted by molar-refractivity contribution is 9.10. The van der Waals surface area contributed by atoms with Gasteiger partial charge in [0.15, 0.2) is 0 Å². The molecule has 0 saturated carbocycles. The van der Waals surface area contributed by atoms with E-state index in [9.17, 15) is 0 Å². The van der Waals surface area contributed by atoms with Crippen LogP contribution in [0.3, 0.4) is 0 Å². The van der Waals surface area contributed by atoms with Crippen molar-refractivity contribution in [3.05, 3.63) is 34.3 Å². The van der Waals surface area contributed by atoms with Gasteiger partial charge in [-0.05, 0) is 69.6 Å². The first-order valence-electron chi connectivity index (χ1n) is 6.88. The Morgan fingerprint density at radius 3 is 2.56 bits per heavy atom. The first-order valence-corrected chi connectivity index (χ1v) is 7.67. The van der Waals surface area contributed by atoms with Gasteiger partial charge in [0.25, 0.3) is 0 Å². The molecule has 1 heterocycles. The molecule has 0 unspecified atom stereocenters. The molecule has 0 aromatic heterocycles. The van der Waals surface area contributed by atoms with E-state index < -0.39 is 0 Å². The lowest BCUT2D eigenvalue weighted by molar-refractivity contribution is 0.211. The maximum absolute atomic E-state index is 3.55. The molecule has 2 nitrogen and oxygen atoms in total. The van der Waals surface area contributed by atoms with Crippen LogP contribution in [0.2, 0.25) is 0 Å². The number of piperidine rings is 1. The lowest BCUT2D eigenvalue weighted by atomic mass is 9.94. The molecule has 1 aliphatic rings. The molecule has 0 radical (unpaired) electrons. The number of benzene rings is 1. The Labute approximate surface area is 119 Å². The highest BCUT2D eigenvalue weighted by Gasteiger charge is 2.15.